The van der Waals surface area contributed by atoms with Gasteiger partial charge in [-0.3, -0.25) is 4.79 Å². The van der Waals surface area contributed by atoms with Crippen LogP contribution in [0.3, 0.4) is 0 Å². The van der Waals surface area contributed by atoms with Crippen LogP contribution < -0.4 is 4.90 Å². The number of methoxy groups -OCH3 is 1. The number of hydrogen-bond donors (Lipinski definition) is 1. The molecular formula is C19H28N2O3. The van der Waals surface area contributed by atoms with Gasteiger partial charge in [-0.05, 0) is 37.0 Å². The van der Waals surface area contributed by atoms with Crippen molar-refractivity contribution in [3.8, 4) is 0 Å². The molecule has 0 spiro atoms. The predicted octanol–water partition coefficient (Wildman–Crippen LogP) is 3.50. The zero-order valence-electron chi connectivity index (χ0n) is 15.3. The van der Waals surface area contributed by atoms with Gasteiger partial charge in [0, 0.05) is 43.3 Å². The van der Waals surface area contributed by atoms with E-state index in [1.807, 2.05) is 11.0 Å². The summed E-state index contributed by atoms with van der Waals surface area (Å²) in [4.78, 5) is 14.5. The molecular weight excluding hydrogens is 304 g/mol. The zero-order valence-corrected chi connectivity index (χ0v) is 15.3. The summed E-state index contributed by atoms with van der Waals surface area (Å²) in [5.41, 5.74) is 4.54. The lowest BCUT2D eigenvalue weighted by atomic mass is 9.75. The van der Waals surface area contributed by atoms with Gasteiger partial charge in [-0.2, -0.15) is 0 Å². The molecule has 1 aromatic carbocycles. The highest BCUT2D eigenvalue weighted by Gasteiger charge is 2.37. The number of fused-ring (bicyclic) bond motifs is 1. The molecule has 1 aliphatic heterocycles. The van der Waals surface area contributed by atoms with Crippen molar-refractivity contribution in [3.05, 3.63) is 28.8 Å². The maximum atomic E-state index is 12.7. The largest absolute Gasteiger partial charge is 0.411 e. The number of carbonyl (C=O) groups excluding carboxylic acids is 1. The van der Waals surface area contributed by atoms with Crippen LogP contribution in [0, 0.1) is 0 Å². The maximum Gasteiger partial charge on any atom is 0.227 e. The van der Waals surface area contributed by atoms with Gasteiger partial charge < -0.3 is 14.8 Å². The van der Waals surface area contributed by atoms with Crippen molar-refractivity contribution in [2.24, 2.45) is 5.16 Å². The number of nitrogens with zero attached hydrogens (tertiary/aromatic N) is 2. The second kappa shape index (κ2) is 7.34. The predicted molar refractivity (Wildman–Crippen MR) is 96.3 cm³/mol. The molecule has 2 rings (SSSR count). The number of oxime groups is 1. The Bertz CT molecular complexity index is 650. The fraction of sp³-hybridized carbons (Fsp3) is 0.579. The van der Waals surface area contributed by atoms with E-state index in [1.165, 1.54) is 5.56 Å². The summed E-state index contributed by atoms with van der Waals surface area (Å²) in [6.45, 7) is 9.36. The van der Waals surface area contributed by atoms with Crippen LogP contribution in [0.4, 0.5) is 5.69 Å². The highest BCUT2D eigenvalue weighted by atomic mass is 16.5. The van der Waals surface area contributed by atoms with E-state index < -0.39 is 0 Å². The molecule has 0 atom stereocenters. The van der Waals surface area contributed by atoms with Crippen LogP contribution in [0.2, 0.25) is 0 Å². The maximum absolute atomic E-state index is 12.7. The van der Waals surface area contributed by atoms with Crippen molar-refractivity contribution < 1.29 is 14.7 Å². The second-order valence-corrected chi connectivity index (χ2v) is 7.02. The van der Waals surface area contributed by atoms with Crippen molar-refractivity contribution in [2.75, 3.05) is 25.2 Å². The van der Waals surface area contributed by atoms with Crippen molar-refractivity contribution >= 4 is 17.3 Å². The fourth-order valence-corrected chi connectivity index (χ4v) is 3.40. The summed E-state index contributed by atoms with van der Waals surface area (Å²) < 4.78 is 5.12. The number of aryl methyl sites for hydroxylation is 1. The van der Waals surface area contributed by atoms with Gasteiger partial charge in [0.2, 0.25) is 5.91 Å². The van der Waals surface area contributed by atoms with E-state index in [9.17, 15) is 10.0 Å². The van der Waals surface area contributed by atoms with Crippen LogP contribution in [0.25, 0.3) is 0 Å². The third kappa shape index (κ3) is 3.46. The number of ether oxygens (including phenoxy) is 1. The molecule has 24 heavy (non-hydrogen) atoms. The lowest BCUT2D eigenvalue weighted by Crippen LogP contribution is -2.43. The lowest BCUT2D eigenvalue weighted by molar-refractivity contribution is -0.120. The summed E-state index contributed by atoms with van der Waals surface area (Å²) in [6.07, 6.45) is 2.14. The monoisotopic (exact) mass is 332 g/mol. The molecule has 1 aromatic rings. The highest BCUT2D eigenvalue weighted by molar-refractivity contribution is 6.04. The van der Waals surface area contributed by atoms with E-state index in [0.29, 0.717) is 25.3 Å². The third-order valence-corrected chi connectivity index (χ3v) is 4.79. The molecule has 132 valence electrons. The molecule has 1 amide bonds. The van der Waals surface area contributed by atoms with Gasteiger partial charge in [0.25, 0.3) is 0 Å². The van der Waals surface area contributed by atoms with Crippen LogP contribution in [0.15, 0.2) is 17.3 Å². The Morgan fingerprint density at radius 2 is 2.12 bits per heavy atom. The molecule has 1 heterocycles. The first kappa shape index (κ1) is 18.5. The van der Waals surface area contributed by atoms with Crippen molar-refractivity contribution in [1.29, 1.82) is 0 Å². The van der Waals surface area contributed by atoms with Gasteiger partial charge in [0.1, 0.15) is 0 Å². The fourth-order valence-electron chi connectivity index (χ4n) is 3.40. The standard InChI is InChI=1S/C19H28N2O3/c1-6-14-10-16-17(11-15(14)13(2)20-23)21(8-7-9-24-5)18(22)12-19(16,3)4/h10-11,23H,6-9,12H2,1-5H3. The van der Waals surface area contributed by atoms with Crippen LogP contribution >= 0.6 is 0 Å². The summed E-state index contributed by atoms with van der Waals surface area (Å²) in [7, 11) is 1.67. The number of carbonyl (C=O) groups is 1. The first-order valence-electron chi connectivity index (χ1n) is 8.51. The SMILES string of the molecule is CCc1cc2c(cc1C(C)=NO)N(CCCOC)C(=O)CC2(C)C. The normalized spacial score (nSPS) is 17.1. The topological polar surface area (TPSA) is 62.1 Å². The van der Waals surface area contributed by atoms with Gasteiger partial charge in [0.05, 0.1) is 5.71 Å². The Kier molecular flexibility index (Phi) is 5.65. The van der Waals surface area contributed by atoms with E-state index in [2.05, 4.69) is 32.0 Å². The van der Waals surface area contributed by atoms with E-state index in [1.54, 1.807) is 14.0 Å². The molecule has 0 aromatic heterocycles. The van der Waals surface area contributed by atoms with Gasteiger partial charge >= 0.3 is 0 Å². The Labute approximate surface area is 144 Å². The molecule has 0 saturated carbocycles. The second-order valence-electron chi connectivity index (χ2n) is 7.02. The van der Waals surface area contributed by atoms with Crippen molar-refractivity contribution in [2.45, 2.75) is 52.4 Å². The minimum Gasteiger partial charge on any atom is -0.411 e. The first-order valence-corrected chi connectivity index (χ1v) is 8.51. The molecule has 5 nitrogen and oxygen atoms in total. The summed E-state index contributed by atoms with van der Waals surface area (Å²) >= 11 is 0. The average molecular weight is 332 g/mol. The molecule has 0 bridgehead atoms. The van der Waals surface area contributed by atoms with Gasteiger partial charge in [-0.25, -0.2) is 0 Å². The molecule has 0 unspecified atom stereocenters. The van der Waals surface area contributed by atoms with Gasteiger partial charge in [0.15, 0.2) is 0 Å². The van der Waals surface area contributed by atoms with Crippen LogP contribution in [0.5, 0.6) is 0 Å². The van der Waals surface area contributed by atoms with Crippen LogP contribution in [-0.2, 0) is 21.4 Å². The molecule has 5 heteroatoms. The Balaban J connectivity index is 2.57. The number of amides is 1. The van der Waals surface area contributed by atoms with E-state index in [0.717, 1.165) is 29.7 Å². The lowest BCUT2D eigenvalue weighted by Gasteiger charge is -2.39. The quantitative estimate of drug-likeness (QED) is 0.375. The zero-order chi connectivity index (χ0) is 17.9. The molecule has 0 saturated heterocycles. The third-order valence-electron chi connectivity index (χ3n) is 4.79. The molecule has 1 aliphatic rings. The first-order chi connectivity index (χ1) is 11.4. The smallest absolute Gasteiger partial charge is 0.227 e. The minimum atomic E-state index is -0.198. The summed E-state index contributed by atoms with van der Waals surface area (Å²) in [6, 6.07) is 4.18. The summed E-state index contributed by atoms with van der Waals surface area (Å²) in [5.74, 6) is 0.136. The Morgan fingerprint density at radius 1 is 1.42 bits per heavy atom. The van der Waals surface area contributed by atoms with Gasteiger partial charge in [-0.1, -0.05) is 32.0 Å². The van der Waals surface area contributed by atoms with Crippen molar-refractivity contribution in [1.82, 2.24) is 0 Å². The van der Waals surface area contributed by atoms with Crippen LogP contribution in [0.1, 0.15) is 57.2 Å². The van der Waals surface area contributed by atoms with Crippen molar-refractivity contribution in [3.63, 3.8) is 0 Å². The van der Waals surface area contributed by atoms with E-state index in [-0.39, 0.29) is 11.3 Å². The van der Waals surface area contributed by atoms with Gasteiger partial charge in [-0.15, -0.1) is 0 Å². The molecule has 0 radical (unpaired) electrons. The summed E-state index contributed by atoms with van der Waals surface area (Å²) in [5, 5.41) is 12.6. The number of hydrogen-bond acceptors (Lipinski definition) is 4. The molecule has 1 N–H and O–H groups in total. The number of benzene rings is 1. The average Bonchev–Trinajstić information content (AvgIpc) is 2.55. The Hall–Kier alpha value is -1.88. The number of rotatable bonds is 6. The highest BCUT2D eigenvalue weighted by Crippen LogP contribution is 2.42. The van der Waals surface area contributed by atoms with Crippen LogP contribution in [-0.4, -0.2) is 37.1 Å². The minimum absolute atomic E-state index is 0.136. The van der Waals surface area contributed by atoms with E-state index in [4.69, 9.17) is 4.74 Å². The molecule has 0 aliphatic carbocycles. The molecule has 0 fully saturated rings. The number of anilines is 1. The van der Waals surface area contributed by atoms with E-state index >= 15 is 0 Å². The Morgan fingerprint density at radius 3 is 2.71 bits per heavy atom.